The smallest absolute Gasteiger partial charge is 0.251 e. The summed E-state index contributed by atoms with van der Waals surface area (Å²) in [6, 6.07) is 10.9. The van der Waals surface area contributed by atoms with Crippen LogP contribution in [0.3, 0.4) is 0 Å². The first-order chi connectivity index (χ1) is 14.5. The summed E-state index contributed by atoms with van der Waals surface area (Å²) in [6.45, 7) is 3.82. The van der Waals surface area contributed by atoms with Gasteiger partial charge in [-0.05, 0) is 59.7 Å². The van der Waals surface area contributed by atoms with E-state index in [1.807, 2.05) is 38.1 Å². The highest BCUT2D eigenvalue weighted by atomic mass is 35.5. The van der Waals surface area contributed by atoms with E-state index in [9.17, 15) is 4.79 Å². The molecule has 1 N–H and O–H groups in total. The molecule has 1 unspecified atom stereocenters. The van der Waals surface area contributed by atoms with E-state index in [1.165, 1.54) is 11.0 Å². The van der Waals surface area contributed by atoms with Crippen molar-refractivity contribution in [3.05, 3.63) is 83.2 Å². The minimum atomic E-state index is -0.311. The van der Waals surface area contributed by atoms with Crippen molar-refractivity contribution in [2.24, 2.45) is 0 Å². The SMILES string of the molecule is Cc1ccc(-c2cc(C(=O)NC(C)c3cnccn3)cc(-n3cnnn3)c2)c(Cl)c1. The molecule has 1 atom stereocenters. The lowest BCUT2D eigenvalue weighted by Gasteiger charge is -2.15. The average Bonchev–Trinajstić information content (AvgIpc) is 3.29. The van der Waals surface area contributed by atoms with E-state index in [1.54, 1.807) is 30.7 Å². The Balaban J connectivity index is 1.73. The van der Waals surface area contributed by atoms with E-state index in [-0.39, 0.29) is 11.9 Å². The maximum absolute atomic E-state index is 13.0. The molecule has 2 aromatic carbocycles. The third kappa shape index (κ3) is 4.18. The van der Waals surface area contributed by atoms with Crippen LogP contribution in [0.1, 0.15) is 34.6 Å². The first-order valence-corrected chi connectivity index (χ1v) is 9.61. The molecule has 0 radical (unpaired) electrons. The van der Waals surface area contributed by atoms with Gasteiger partial charge in [-0.25, -0.2) is 4.68 Å². The molecule has 2 aromatic heterocycles. The minimum Gasteiger partial charge on any atom is -0.344 e. The second kappa shape index (κ2) is 8.38. The molecule has 4 aromatic rings. The second-order valence-corrected chi connectivity index (χ2v) is 7.24. The Morgan fingerprint density at radius 2 is 2.03 bits per heavy atom. The number of nitrogens with one attached hydrogen (secondary N) is 1. The molecule has 0 aliphatic carbocycles. The number of halogens is 1. The van der Waals surface area contributed by atoms with Gasteiger partial charge >= 0.3 is 0 Å². The predicted octanol–water partition coefficient (Wildman–Crippen LogP) is 3.57. The number of amides is 1. The van der Waals surface area contributed by atoms with Crippen LogP contribution < -0.4 is 5.32 Å². The molecule has 8 nitrogen and oxygen atoms in total. The van der Waals surface area contributed by atoms with Gasteiger partial charge in [0.2, 0.25) is 0 Å². The summed E-state index contributed by atoms with van der Waals surface area (Å²) in [4.78, 5) is 21.3. The Kier molecular flexibility index (Phi) is 5.49. The van der Waals surface area contributed by atoms with Gasteiger partial charge in [-0.2, -0.15) is 0 Å². The highest BCUT2D eigenvalue weighted by molar-refractivity contribution is 6.33. The number of benzene rings is 2. The predicted molar refractivity (Wildman–Crippen MR) is 112 cm³/mol. The molecular weight excluding hydrogens is 402 g/mol. The Morgan fingerprint density at radius 3 is 2.73 bits per heavy atom. The largest absolute Gasteiger partial charge is 0.344 e. The van der Waals surface area contributed by atoms with Gasteiger partial charge < -0.3 is 5.32 Å². The molecule has 0 bridgehead atoms. The van der Waals surface area contributed by atoms with Gasteiger partial charge in [0.05, 0.1) is 23.6 Å². The van der Waals surface area contributed by atoms with Crippen LogP contribution >= 0.6 is 11.6 Å². The third-order valence-electron chi connectivity index (χ3n) is 4.60. The van der Waals surface area contributed by atoms with E-state index in [2.05, 4.69) is 30.8 Å². The number of hydrogen-bond acceptors (Lipinski definition) is 6. The van der Waals surface area contributed by atoms with Crippen molar-refractivity contribution in [2.75, 3.05) is 0 Å². The van der Waals surface area contributed by atoms with Crippen LogP contribution in [0, 0.1) is 6.92 Å². The summed E-state index contributed by atoms with van der Waals surface area (Å²) < 4.78 is 1.49. The summed E-state index contributed by atoms with van der Waals surface area (Å²) in [5.41, 5.74) is 4.41. The number of hydrogen-bond donors (Lipinski definition) is 1. The highest BCUT2D eigenvalue weighted by Crippen LogP contribution is 2.31. The van der Waals surface area contributed by atoms with Gasteiger partial charge in [0.25, 0.3) is 5.91 Å². The molecule has 4 rings (SSSR count). The van der Waals surface area contributed by atoms with Crippen LogP contribution in [0.15, 0.2) is 61.3 Å². The van der Waals surface area contributed by atoms with Crippen molar-refractivity contribution in [3.63, 3.8) is 0 Å². The monoisotopic (exact) mass is 419 g/mol. The molecule has 0 aliphatic rings. The fourth-order valence-electron chi connectivity index (χ4n) is 3.05. The number of nitrogens with zero attached hydrogens (tertiary/aromatic N) is 6. The Bertz CT molecular complexity index is 1180. The van der Waals surface area contributed by atoms with Crippen molar-refractivity contribution in [1.29, 1.82) is 0 Å². The standard InChI is InChI=1S/C21H18ClN7O/c1-13-3-4-18(19(22)7-13)15-8-16(10-17(9-15)29-12-25-27-28-29)21(30)26-14(2)20-11-23-5-6-24-20/h3-12,14H,1-2H3,(H,26,30). The molecule has 1 amide bonds. The zero-order valence-electron chi connectivity index (χ0n) is 16.3. The number of carbonyl (C=O) groups excluding carboxylic acids is 1. The number of tetrazole rings is 1. The van der Waals surface area contributed by atoms with Crippen molar-refractivity contribution < 1.29 is 4.79 Å². The Morgan fingerprint density at radius 1 is 1.17 bits per heavy atom. The molecule has 0 spiro atoms. The minimum absolute atomic E-state index is 0.257. The van der Waals surface area contributed by atoms with E-state index < -0.39 is 0 Å². The average molecular weight is 420 g/mol. The van der Waals surface area contributed by atoms with Crippen molar-refractivity contribution in [2.45, 2.75) is 19.9 Å². The number of carbonyl (C=O) groups is 1. The summed E-state index contributed by atoms with van der Waals surface area (Å²) >= 11 is 6.47. The van der Waals surface area contributed by atoms with Gasteiger partial charge in [0, 0.05) is 28.5 Å². The van der Waals surface area contributed by atoms with Crippen LogP contribution in [0.5, 0.6) is 0 Å². The summed E-state index contributed by atoms with van der Waals surface area (Å²) in [5, 5.41) is 14.9. The maximum Gasteiger partial charge on any atom is 0.251 e. The van der Waals surface area contributed by atoms with Crippen molar-refractivity contribution in [3.8, 4) is 16.8 Å². The third-order valence-corrected chi connectivity index (χ3v) is 4.92. The second-order valence-electron chi connectivity index (χ2n) is 6.83. The zero-order chi connectivity index (χ0) is 21.1. The molecular formula is C21H18ClN7O. The zero-order valence-corrected chi connectivity index (χ0v) is 17.1. The van der Waals surface area contributed by atoms with Gasteiger partial charge in [-0.15, -0.1) is 5.10 Å². The first-order valence-electron chi connectivity index (χ1n) is 9.23. The van der Waals surface area contributed by atoms with Crippen molar-refractivity contribution >= 4 is 17.5 Å². The van der Waals surface area contributed by atoms with Gasteiger partial charge in [-0.3, -0.25) is 14.8 Å². The molecule has 150 valence electrons. The Labute approximate surface area is 177 Å². The number of rotatable bonds is 5. The molecule has 0 saturated carbocycles. The van der Waals surface area contributed by atoms with E-state index in [0.29, 0.717) is 22.0 Å². The lowest BCUT2D eigenvalue weighted by molar-refractivity contribution is 0.0939. The lowest BCUT2D eigenvalue weighted by atomic mass is 10.00. The normalized spacial score (nSPS) is 11.8. The van der Waals surface area contributed by atoms with Crippen LogP contribution in [0.25, 0.3) is 16.8 Å². The fraction of sp³-hybridized carbons (Fsp3) is 0.143. The highest BCUT2D eigenvalue weighted by Gasteiger charge is 2.16. The van der Waals surface area contributed by atoms with Gasteiger partial charge in [-0.1, -0.05) is 23.7 Å². The molecule has 30 heavy (non-hydrogen) atoms. The molecule has 2 heterocycles. The molecule has 9 heteroatoms. The molecule has 0 aliphatic heterocycles. The van der Waals surface area contributed by atoms with E-state index in [4.69, 9.17) is 11.6 Å². The van der Waals surface area contributed by atoms with Gasteiger partial charge in [0.15, 0.2) is 0 Å². The van der Waals surface area contributed by atoms with E-state index in [0.717, 1.165) is 16.7 Å². The Hall–Kier alpha value is -3.65. The van der Waals surface area contributed by atoms with Crippen molar-refractivity contribution in [1.82, 2.24) is 35.5 Å². The van der Waals surface area contributed by atoms with Crippen LogP contribution in [-0.4, -0.2) is 36.1 Å². The lowest BCUT2D eigenvalue weighted by Crippen LogP contribution is -2.27. The molecule has 0 fully saturated rings. The summed E-state index contributed by atoms with van der Waals surface area (Å²) in [6.07, 6.45) is 6.28. The van der Waals surface area contributed by atoms with Gasteiger partial charge in [0.1, 0.15) is 6.33 Å². The maximum atomic E-state index is 13.0. The quantitative estimate of drug-likeness (QED) is 0.531. The topological polar surface area (TPSA) is 98.5 Å². The van der Waals surface area contributed by atoms with Crippen LogP contribution in [0.2, 0.25) is 5.02 Å². The molecule has 0 saturated heterocycles. The summed E-state index contributed by atoms with van der Waals surface area (Å²) in [7, 11) is 0. The fourth-order valence-corrected chi connectivity index (χ4v) is 3.40. The van der Waals surface area contributed by atoms with Crippen LogP contribution in [0.4, 0.5) is 0 Å². The summed E-state index contributed by atoms with van der Waals surface area (Å²) in [5.74, 6) is -0.257. The number of aromatic nitrogens is 6. The first kappa shape index (κ1) is 19.7. The van der Waals surface area contributed by atoms with Crippen LogP contribution in [-0.2, 0) is 0 Å². The number of aryl methyl sites for hydroxylation is 1. The van der Waals surface area contributed by atoms with E-state index >= 15 is 0 Å².